The summed E-state index contributed by atoms with van der Waals surface area (Å²) in [7, 11) is 0. The fraction of sp³-hybridized carbons (Fsp3) is 0.592. The molecule has 0 radical (unpaired) electrons. The van der Waals surface area contributed by atoms with Gasteiger partial charge in [-0.15, -0.1) is 0 Å². The van der Waals surface area contributed by atoms with Gasteiger partial charge in [-0.3, -0.25) is 14.4 Å². The summed E-state index contributed by atoms with van der Waals surface area (Å²) in [6.45, 7) is 6.34. The summed E-state index contributed by atoms with van der Waals surface area (Å²) in [4.78, 5) is 38.3. The zero-order valence-electron chi connectivity index (χ0n) is 52.7. The first-order chi connectivity index (χ1) is 40.5. The van der Waals surface area contributed by atoms with Crippen LogP contribution in [0.25, 0.3) is 0 Å². The number of hydrogen-bond acceptors (Lipinski definition) is 6. The minimum absolute atomic E-state index is 0.103. The third kappa shape index (κ3) is 65.6. The molecule has 6 heteroatoms. The molecule has 0 saturated heterocycles. The molecule has 460 valence electrons. The van der Waals surface area contributed by atoms with Gasteiger partial charge in [0.25, 0.3) is 0 Å². The number of allylic oxidation sites excluding steroid dienone is 28. The second-order valence-electron chi connectivity index (χ2n) is 21.3. The smallest absolute Gasteiger partial charge is 0.306 e. The number of unbranched alkanes of at least 4 members (excludes halogenated alkanes) is 19. The van der Waals surface area contributed by atoms with Crippen LogP contribution in [0.2, 0.25) is 0 Å². The van der Waals surface area contributed by atoms with Gasteiger partial charge in [0.15, 0.2) is 6.10 Å². The second kappa shape index (κ2) is 68.3. The van der Waals surface area contributed by atoms with Crippen molar-refractivity contribution in [3.8, 4) is 0 Å². The average Bonchev–Trinajstić information content (AvgIpc) is 3.47. The van der Waals surface area contributed by atoms with Gasteiger partial charge < -0.3 is 14.2 Å². The molecule has 0 bridgehead atoms. The molecule has 0 spiro atoms. The summed E-state index contributed by atoms with van der Waals surface area (Å²) in [6.07, 6.45) is 101. The van der Waals surface area contributed by atoms with E-state index in [1.54, 1.807) is 0 Å². The predicted molar refractivity (Wildman–Crippen MR) is 357 cm³/mol. The van der Waals surface area contributed by atoms with Crippen LogP contribution in [0.1, 0.15) is 271 Å². The number of hydrogen-bond donors (Lipinski definition) is 0. The van der Waals surface area contributed by atoms with Gasteiger partial charge in [-0.1, -0.05) is 268 Å². The Morgan fingerprint density at radius 3 is 0.768 bits per heavy atom. The summed E-state index contributed by atoms with van der Waals surface area (Å²) in [5.74, 6) is -0.958. The van der Waals surface area contributed by atoms with Crippen molar-refractivity contribution in [2.24, 2.45) is 0 Å². The maximum atomic E-state index is 12.9. The number of esters is 3. The van der Waals surface area contributed by atoms with Crippen molar-refractivity contribution >= 4 is 17.9 Å². The summed E-state index contributed by atoms with van der Waals surface area (Å²) >= 11 is 0. The molecule has 0 aromatic carbocycles. The molecular weight excluding hydrogens is 1010 g/mol. The largest absolute Gasteiger partial charge is 0.462 e. The standard InChI is InChI=1S/C76H120O6/c1-4-7-10-13-16-19-22-25-27-29-31-33-34-35-36-37-38-39-40-41-42-44-45-47-49-51-54-57-60-63-66-69-75(78)81-72-73(71-80-74(77)68-65-62-59-56-53-24-21-18-15-12-9-6-3)82-76(79)70-67-64-61-58-55-52-50-48-46-43-32-30-28-26-23-20-17-14-11-8-5-2/h7-8,10-11,16-21,25-28,31-33,35-36,38-39,41-43,45,47,51,54,73H,4-6,9,12-15,22-24,29-30,34,37,40,44,46,48-50,52-53,55-72H2,1-3H3/b10-7-,11-8-,19-16-,20-17-,21-18-,27-25-,28-26-,33-31-,36-35-,39-38-,42-41-,43-32-,47-45-,54-51-. The molecule has 0 rings (SSSR count). The Labute approximate surface area is 504 Å². The molecule has 6 nitrogen and oxygen atoms in total. The van der Waals surface area contributed by atoms with Crippen LogP contribution in [0.4, 0.5) is 0 Å². The number of carbonyl (C=O) groups is 3. The van der Waals surface area contributed by atoms with Crippen molar-refractivity contribution in [2.75, 3.05) is 13.2 Å². The minimum Gasteiger partial charge on any atom is -0.462 e. The lowest BCUT2D eigenvalue weighted by Gasteiger charge is -2.18. The molecule has 0 N–H and O–H groups in total. The maximum Gasteiger partial charge on any atom is 0.306 e. The van der Waals surface area contributed by atoms with Crippen molar-refractivity contribution in [3.63, 3.8) is 0 Å². The number of ether oxygens (including phenoxy) is 3. The van der Waals surface area contributed by atoms with Crippen molar-refractivity contribution in [1.29, 1.82) is 0 Å². The summed E-state index contributed by atoms with van der Waals surface area (Å²) in [5, 5.41) is 0. The van der Waals surface area contributed by atoms with Crippen LogP contribution >= 0.6 is 0 Å². The van der Waals surface area contributed by atoms with Gasteiger partial charge >= 0.3 is 17.9 Å². The van der Waals surface area contributed by atoms with Crippen molar-refractivity contribution in [1.82, 2.24) is 0 Å². The molecule has 0 fully saturated rings. The van der Waals surface area contributed by atoms with Gasteiger partial charge in [0.05, 0.1) is 0 Å². The molecule has 0 saturated carbocycles. The zero-order valence-corrected chi connectivity index (χ0v) is 52.7. The Balaban J connectivity index is 4.41. The van der Waals surface area contributed by atoms with Gasteiger partial charge in [-0.2, -0.15) is 0 Å². The fourth-order valence-corrected chi connectivity index (χ4v) is 8.54. The van der Waals surface area contributed by atoms with E-state index in [4.69, 9.17) is 14.2 Å². The van der Waals surface area contributed by atoms with Crippen LogP contribution in [-0.2, 0) is 28.6 Å². The third-order valence-electron chi connectivity index (χ3n) is 13.4. The summed E-state index contributed by atoms with van der Waals surface area (Å²) < 4.78 is 16.9. The maximum absolute atomic E-state index is 12.9. The van der Waals surface area contributed by atoms with E-state index in [0.29, 0.717) is 19.3 Å². The Hall–Kier alpha value is -5.23. The normalized spacial score (nSPS) is 13.3. The first-order valence-corrected chi connectivity index (χ1v) is 33.1. The molecule has 0 heterocycles. The average molecular weight is 1130 g/mol. The predicted octanol–water partition coefficient (Wildman–Crippen LogP) is 23.0. The zero-order chi connectivity index (χ0) is 59.2. The minimum atomic E-state index is -0.810. The Morgan fingerprint density at radius 1 is 0.256 bits per heavy atom. The van der Waals surface area contributed by atoms with E-state index in [2.05, 4.69) is 191 Å². The van der Waals surface area contributed by atoms with Crippen LogP contribution in [0, 0.1) is 0 Å². The molecule has 0 aliphatic rings. The Bertz CT molecular complexity index is 1870. The van der Waals surface area contributed by atoms with E-state index in [1.807, 2.05) is 0 Å². The van der Waals surface area contributed by atoms with E-state index in [0.717, 1.165) is 167 Å². The Morgan fingerprint density at radius 2 is 0.476 bits per heavy atom. The van der Waals surface area contributed by atoms with Crippen LogP contribution in [0.3, 0.4) is 0 Å². The molecular formula is C76H120O6. The van der Waals surface area contributed by atoms with E-state index < -0.39 is 6.10 Å². The fourth-order valence-electron chi connectivity index (χ4n) is 8.54. The lowest BCUT2D eigenvalue weighted by atomic mass is 10.1. The molecule has 0 aliphatic carbocycles. The molecule has 0 aromatic heterocycles. The molecule has 0 amide bonds. The van der Waals surface area contributed by atoms with Gasteiger partial charge in [0, 0.05) is 19.3 Å². The highest BCUT2D eigenvalue weighted by molar-refractivity contribution is 5.71. The molecule has 0 aliphatic heterocycles. The van der Waals surface area contributed by atoms with Gasteiger partial charge in [0.1, 0.15) is 13.2 Å². The molecule has 0 aromatic rings. The van der Waals surface area contributed by atoms with E-state index >= 15 is 0 Å². The summed E-state index contributed by atoms with van der Waals surface area (Å²) in [6, 6.07) is 0. The van der Waals surface area contributed by atoms with Crippen LogP contribution in [0.15, 0.2) is 170 Å². The first-order valence-electron chi connectivity index (χ1n) is 33.1. The van der Waals surface area contributed by atoms with Crippen LogP contribution < -0.4 is 0 Å². The van der Waals surface area contributed by atoms with Crippen molar-refractivity contribution in [2.45, 2.75) is 277 Å². The highest BCUT2D eigenvalue weighted by atomic mass is 16.6. The highest BCUT2D eigenvalue weighted by Crippen LogP contribution is 2.14. The molecule has 1 atom stereocenters. The van der Waals surface area contributed by atoms with Crippen molar-refractivity contribution in [3.05, 3.63) is 170 Å². The van der Waals surface area contributed by atoms with E-state index in [9.17, 15) is 14.4 Å². The number of carbonyl (C=O) groups excluding carboxylic acids is 3. The Kier molecular flexibility index (Phi) is 63.9. The van der Waals surface area contributed by atoms with Gasteiger partial charge in [-0.05, 0) is 154 Å². The lowest BCUT2D eigenvalue weighted by molar-refractivity contribution is -0.167. The quantitative estimate of drug-likeness (QED) is 0.0261. The van der Waals surface area contributed by atoms with Gasteiger partial charge in [-0.25, -0.2) is 0 Å². The SMILES string of the molecule is CC/C=C\C/C=C\C/C=C\C/C=C\C/C=C\C/C=C\C/C=C\C/C=C\C/C=C\CCCCCC(=O)OCC(COC(=O)CCCCCCC/C=C\CCCCC)OC(=O)CCCCCCCCCC/C=C\C/C=C\C/C=C\C/C=C\CC. The monoisotopic (exact) mass is 1130 g/mol. The number of rotatable bonds is 58. The van der Waals surface area contributed by atoms with Crippen molar-refractivity contribution < 1.29 is 28.6 Å². The van der Waals surface area contributed by atoms with Crippen LogP contribution in [0.5, 0.6) is 0 Å². The third-order valence-corrected chi connectivity index (χ3v) is 13.4. The van der Waals surface area contributed by atoms with Crippen LogP contribution in [-0.4, -0.2) is 37.2 Å². The lowest BCUT2D eigenvalue weighted by Crippen LogP contribution is -2.30. The topological polar surface area (TPSA) is 78.9 Å². The second-order valence-corrected chi connectivity index (χ2v) is 21.3. The highest BCUT2D eigenvalue weighted by Gasteiger charge is 2.19. The summed E-state index contributed by atoms with van der Waals surface area (Å²) in [5.41, 5.74) is 0. The van der Waals surface area contributed by atoms with E-state index in [-0.39, 0.29) is 31.1 Å². The first kappa shape index (κ1) is 76.8. The molecule has 1 unspecified atom stereocenters. The van der Waals surface area contributed by atoms with Gasteiger partial charge in [0.2, 0.25) is 0 Å². The van der Waals surface area contributed by atoms with E-state index in [1.165, 1.54) is 64.2 Å². The molecule has 82 heavy (non-hydrogen) atoms.